The Morgan fingerprint density at radius 2 is 1.76 bits per heavy atom. The lowest BCUT2D eigenvalue weighted by molar-refractivity contribution is -0.128. The van der Waals surface area contributed by atoms with E-state index in [9.17, 15) is 22.8 Å². The lowest BCUT2D eigenvalue weighted by Crippen LogP contribution is -2.38. The summed E-state index contributed by atoms with van der Waals surface area (Å²) >= 11 is 6.19. The molecule has 2 unspecified atom stereocenters. The van der Waals surface area contributed by atoms with Gasteiger partial charge >= 0.3 is 0 Å². The van der Waals surface area contributed by atoms with E-state index in [4.69, 9.17) is 16.0 Å². The van der Waals surface area contributed by atoms with Gasteiger partial charge in [-0.25, -0.2) is 8.42 Å². The molecule has 0 bridgehead atoms. The van der Waals surface area contributed by atoms with E-state index in [1.54, 1.807) is 0 Å². The van der Waals surface area contributed by atoms with Crippen LogP contribution in [0, 0.1) is 0 Å². The number of nitrogens with one attached hydrogen (secondary N) is 1. The van der Waals surface area contributed by atoms with Crippen molar-refractivity contribution in [2.45, 2.75) is 50.1 Å². The van der Waals surface area contributed by atoms with Crippen LogP contribution < -0.4 is 20.0 Å². The van der Waals surface area contributed by atoms with Crippen LogP contribution in [0.1, 0.15) is 59.7 Å². The van der Waals surface area contributed by atoms with Gasteiger partial charge in [-0.2, -0.15) is 0 Å². The number of halogens is 1. The van der Waals surface area contributed by atoms with Gasteiger partial charge < -0.3 is 19.5 Å². The first kappa shape index (κ1) is 33.9. The van der Waals surface area contributed by atoms with Gasteiger partial charge in [0, 0.05) is 62.3 Å². The monoisotopic (exact) mass is 714 g/mol. The largest absolute Gasteiger partial charge is 0.451 e. The van der Waals surface area contributed by atoms with E-state index >= 15 is 0 Å². The van der Waals surface area contributed by atoms with Gasteiger partial charge in [0.2, 0.25) is 15.9 Å². The van der Waals surface area contributed by atoms with Crippen LogP contribution >= 0.6 is 11.6 Å². The third-order valence-corrected chi connectivity index (χ3v) is 11.6. The van der Waals surface area contributed by atoms with Gasteiger partial charge in [-0.15, -0.1) is 0 Å². The van der Waals surface area contributed by atoms with Crippen LogP contribution in [0.3, 0.4) is 0 Å². The van der Waals surface area contributed by atoms with Crippen molar-refractivity contribution in [3.8, 4) is 0 Å². The minimum absolute atomic E-state index is 0.00855. The third kappa shape index (κ3) is 6.89. The zero-order chi connectivity index (χ0) is 35.2. The predicted octanol–water partition coefficient (Wildman–Crippen LogP) is 5.85. The molecule has 2 atom stereocenters. The number of para-hydroxylation sites is 1. The second-order valence-corrected chi connectivity index (χ2v) is 16.0. The van der Waals surface area contributed by atoms with Crippen molar-refractivity contribution in [3.05, 3.63) is 117 Å². The number of hydrogen-bond acceptors (Lipinski definition) is 7. The standard InChI is InChI=1S/C38H39ClN4O6S/c1-41(50(2,47)48)29-13-14-34-30(20-29)33(44)21-35(49-34)37(46)40-38(23-31(38)26-9-11-28(39)12-10-26)22-25-15-18-42(19-16-25)32-7-4-3-6-27(32)24-43-17-5-8-36(43)45/h3-4,6-7,9-14,20-22,31H,5,8,15-19,23-24H2,1-2H3,(H,40,46). The molecule has 1 N–H and O–H groups in total. The number of anilines is 2. The number of nitrogens with zero attached hydrogens (tertiary/aromatic N) is 3. The first-order valence-electron chi connectivity index (χ1n) is 16.8. The summed E-state index contributed by atoms with van der Waals surface area (Å²) in [4.78, 5) is 43.6. The number of amides is 2. The van der Waals surface area contributed by atoms with Crippen LogP contribution in [0.5, 0.6) is 0 Å². The maximum absolute atomic E-state index is 13.8. The fraction of sp³-hybridized carbons (Fsp3) is 0.342. The molecule has 2 aliphatic heterocycles. The van der Waals surface area contributed by atoms with Gasteiger partial charge in [0.25, 0.3) is 5.91 Å². The number of benzene rings is 3. The van der Waals surface area contributed by atoms with Crippen LogP contribution in [0.2, 0.25) is 5.02 Å². The Hall–Kier alpha value is -4.61. The number of rotatable bonds is 9. The van der Waals surface area contributed by atoms with Crippen molar-refractivity contribution in [1.29, 1.82) is 0 Å². The number of piperidine rings is 1. The first-order chi connectivity index (χ1) is 23.9. The minimum Gasteiger partial charge on any atom is -0.451 e. The molecule has 1 aliphatic carbocycles. The molecule has 1 saturated carbocycles. The number of hydrogen-bond donors (Lipinski definition) is 1. The summed E-state index contributed by atoms with van der Waals surface area (Å²) in [6.07, 6.45) is 7.12. The normalized spacial score (nSPS) is 20.7. The molecule has 50 heavy (non-hydrogen) atoms. The number of carbonyl (C=O) groups is 2. The highest BCUT2D eigenvalue weighted by Crippen LogP contribution is 2.54. The quantitative estimate of drug-likeness (QED) is 0.216. The average Bonchev–Trinajstić information content (AvgIpc) is 3.64. The Balaban J connectivity index is 1.12. The van der Waals surface area contributed by atoms with E-state index in [-0.39, 0.29) is 28.6 Å². The molecule has 2 amide bonds. The number of carbonyl (C=O) groups excluding carboxylic acids is 2. The van der Waals surface area contributed by atoms with Crippen molar-refractivity contribution in [1.82, 2.24) is 10.2 Å². The van der Waals surface area contributed by atoms with Crippen LogP contribution in [-0.4, -0.2) is 63.6 Å². The molecule has 4 aromatic rings. The zero-order valence-electron chi connectivity index (χ0n) is 28.0. The number of likely N-dealkylation sites (tertiary alicyclic amines) is 1. The third-order valence-electron chi connectivity index (χ3n) is 10.2. The molecule has 3 fully saturated rings. The highest BCUT2D eigenvalue weighted by atomic mass is 35.5. The first-order valence-corrected chi connectivity index (χ1v) is 19.0. The molecule has 2 saturated heterocycles. The summed E-state index contributed by atoms with van der Waals surface area (Å²) < 4.78 is 31.1. The highest BCUT2D eigenvalue weighted by molar-refractivity contribution is 7.92. The lowest BCUT2D eigenvalue weighted by atomic mass is 9.96. The maximum Gasteiger partial charge on any atom is 0.287 e. The van der Waals surface area contributed by atoms with Gasteiger partial charge in [0.15, 0.2) is 11.2 Å². The molecule has 10 nitrogen and oxygen atoms in total. The van der Waals surface area contributed by atoms with Crippen LogP contribution in [0.25, 0.3) is 11.0 Å². The summed E-state index contributed by atoms with van der Waals surface area (Å²) in [6.45, 7) is 3.04. The number of fused-ring (bicyclic) bond motifs is 1. The fourth-order valence-electron chi connectivity index (χ4n) is 7.21. The molecule has 12 heteroatoms. The Morgan fingerprint density at radius 1 is 1.02 bits per heavy atom. The zero-order valence-corrected chi connectivity index (χ0v) is 29.6. The molecule has 3 aliphatic rings. The summed E-state index contributed by atoms with van der Waals surface area (Å²) in [5.74, 6) is -0.397. The van der Waals surface area contributed by atoms with Crippen molar-refractivity contribution < 1.29 is 22.4 Å². The smallest absolute Gasteiger partial charge is 0.287 e. The van der Waals surface area contributed by atoms with E-state index in [1.165, 1.54) is 30.8 Å². The Morgan fingerprint density at radius 3 is 2.46 bits per heavy atom. The Labute approximate surface area is 296 Å². The molecule has 1 aromatic heterocycles. The molecule has 3 heterocycles. The van der Waals surface area contributed by atoms with Crippen molar-refractivity contribution in [3.63, 3.8) is 0 Å². The predicted molar refractivity (Wildman–Crippen MR) is 195 cm³/mol. The second kappa shape index (κ2) is 13.3. The molecular weight excluding hydrogens is 676 g/mol. The minimum atomic E-state index is -3.53. The molecule has 0 radical (unpaired) electrons. The second-order valence-electron chi connectivity index (χ2n) is 13.5. The lowest BCUT2D eigenvalue weighted by Gasteiger charge is -2.33. The summed E-state index contributed by atoms with van der Waals surface area (Å²) in [5, 5.41) is 4.02. The SMILES string of the molecule is CN(c1ccc2oc(C(=O)NC3(C=C4CCN(c5ccccc5CN5CCCC5=O)CC4)CC3c3ccc(Cl)cc3)cc(=O)c2c1)S(C)(=O)=O. The number of sulfonamides is 1. The van der Waals surface area contributed by atoms with Gasteiger partial charge in [-0.3, -0.25) is 18.7 Å². The summed E-state index contributed by atoms with van der Waals surface area (Å²) in [7, 11) is -2.13. The fourth-order valence-corrected chi connectivity index (χ4v) is 7.84. The van der Waals surface area contributed by atoms with Crippen LogP contribution in [-0.2, 0) is 21.4 Å². The van der Waals surface area contributed by atoms with Crippen LogP contribution in [0.4, 0.5) is 11.4 Å². The van der Waals surface area contributed by atoms with E-state index < -0.39 is 26.9 Å². The molecule has 260 valence electrons. The molecule has 0 spiro atoms. The van der Waals surface area contributed by atoms with Gasteiger partial charge in [0.1, 0.15) is 5.58 Å². The molecule has 7 rings (SSSR count). The van der Waals surface area contributed by atoms with Gasteiger partial charge in [-0.05, 0) is 73.2 Å². The van der Waals surface area contributed by atoms with E-state index in [2.05, 4.69) is 28.4 Å². The Kier molecular flexibility index (Phi) is 8.98. The molecular formula is C38H39ClN4O6S. The van der Waals surface area contributed by atoms with E-state index in [0.29, 0.717) is 30.1 Å². The highest BCUT2D eigenvalue weighted by Gasteiger charge is 2.55. The summed E-state index contributed by atoms with van der Waals surface area (Å²) in [5.41, 5.74) is 3.98. The van der Waals surface area contributed by atoms with Gasteiger partial charge in [-0.1, -0.05) is 53.6 Å². The van der Waals surface area contributed by atoms with Crippen molar-refractivity contribution in [2.75, 3.05) is 42.1 Å². The van der Waals surface area contributed by atoms with Crippen LogP contribution in [0.15, 0.2) is 93.7 Å². The average molecular weight is 715 g/mol. The Bertz CT molecular complexity index is 2170. The van der Waals surface area contributed by atoms with E-state index in [1.807, 2.05) is 41.3 Å². The topological polar surface area (TPSA) is 120 Å². The maximum atomic E-state index is 13.8. The van der Waals surface area contributed by atoms with Crippen molar-refractivity contribution >= 4 is 55.8 Å². The molecule has 3 aromatic carbocycles. The van der Waals surface area contributed by atoms with Crippen molar-refractivity contribution in [2.24, 2.45) is 0 Å². The van der Waals surface area contributed by atoms with E-state index in [0.717, 1.165) is 72.3 Å². The van der Waals surface area contributed by atoms with Gasteiger partial charge in [0.05, 0.1) is 22.9 Å². The summed E-state index contributed by atoms with van der Waals surface area (Å²) in [6, 6.07) is 21.6.